The third-order valence-electron chi connectivity index (χ3n) is 1.69. The molecule has 4 heteroatoms. The van der Waals surface area contributed by atoms with Crippen LogP contribution in [0.25, 0.3) is 0 Å². The molecule has 1 aromatic heterocycles. The van der Waals surface area contributed by atoms with Crippen LogP contribution < -0.4 is 0 Å². The zero-order valence-electron chi connectivity index (χ0n) is 8.11. The van der Waals surface area contributed by atoms with Crippen LogP contribution in [0.3, 0.4) is 0 Å². The van der Waals surface area contributed by atoms with E-state index < -0.39 is 11.8 Å². The number of hydrogen-bond donors (Lipinski definition) is 0. The number of carbonyl (C=O) groups is 2. The molecular weight excluding hydrogens is 182 g/mol. The smallest absolute Gasteiger partial charge is 0.381 e. The number of rotatable bonds is 3. The molecule has 0 saturated carbocycles. The summed E-state index contributed by atoms with van der Waals surface area (Å²) in [4.78, 5) is 26.3. The van der Waals surface area contributed by atoms with Crippen molar-refractivity contribution in [3.05, 3.63) is 29.6 Å². The standard InChI is InChI=1S/C10H11NO3/c1-3-14-10(13)9(12)8-7(2)5-4-6-11-8/h4-6H,3H2,1-2H3. The Balaban J connectivity index is 2.90. The lowest BCUT2D eigenvalue weighted by Gasteiger charge is -2.02. The zero-order valence-corrected chi connectivity index (χ0v) is 8.11. The summed E-state index contributed by atoms with van der Waals surface area (Å²) in [6.07, 6.45) is 1.47. The highest BCUT2D eigenvalue weighted by Gasteiger charge is 2.20. The van der Waals surface area contributed by atoms with Crippen molar-refractivity contribution in [2.24, 2.45) is 0 Å². The summed E-state index contributed by atoms with van der Waals surface area (Å²) in [7, 11) is 0. The third-order valence-corrected chi connectivity index (χ3v) is 1.69. The Morgan fingerprint density at radius 2 is 2.21 bits per heavy atom. The van der Waals surface area contributed by atoms with Crippen LogP contribution in [0, 0.1) is 6.92 Å². The molecule has 0 aliphatic rings. The maximum atomic E-state index is 11.4. The number of aryl methyl sites for hydroxylation is 1. The van der Waals surface area contributed by atoms with Crippen molar-refractivity contribution in [1.82, 2.24) is 4.98 Å². The third kappa shape index (κ3) is 2.16. The highest BCUT2D eigenvalue weighted by molar-refractivity contribution is 6.40. The minimum atomic E-state index is -0.852. The fourth-order valence-electron chi connectivity index (χ4n) is 1.02. The summed E-state index contributed by atoms with van der Waals surface area (Å²) in [5.74, 6) is -1.54. The molecule has 74 valence electrons. The molecule has 0 bridgehead atoms. The van der Waals surface area contributed by atoms with Gasteiger partial charge < -0.3 is 4.74 Å². The zero-order chi connectivity index (χ0) is 10.6. The summed E-state index contributed by atoms with van der Waals surface area (Å²) in [6.45, 7) is 3.56. The quantitative estimate of drug-likeness (QED) is 0.410. The molecule has 1 aromatic rings. The van der Waals surface area contributed by atoms with E-state index in [9.17, 15) is 9.59 Å². The van der Waals surface area contributed by atoms with Gasteiger partial charge in [0.25, 0.3) is 5.78 Å². The van der Waals surface area contributed by atoms with Gasteiger partial charge in [-0.1, -0.05) is 6.07 Å². The molecule has 0 unspecified atom stereocenters. The number of pyridine rings is 1. The first-order valence-electron chi connectivity index (χ1n) is 4.30. The number of ether oxygens (including phenoxy) is 1. The van der Waals surface area contributed by atoms with Gasteiger partial charge in [-0.2, -0.15) is 0 Å². The molecule has 0 aliphatic carbocycles. The van der Waals surface area contributed by atoms with E-state index in [1.165, 1.54) is 6.20 Å². The molecule has 0 atom stereocenters. The van der Waals surface area contributed by atoms with Crippen molar-refractivity contribution in [3.8, 4) is 0 Å². The Hall–Kier alpha value is -1.71. The van der Waals surface area contributed by atoms with E-state index in [0.29, 0.717) is 5.56 Å². The fraction of sp³-hybridized carbons (Fsp3) is 0.300. The van der Waals surface area contributed by atoms with Crippen LogP contribution in [-0.2, 0) is 9.53 Å². The van der Waals surface area contributed by atoms with E-state index in [1.54, 1.807) is 26.0 Å². The second kappa shape index (κ2) is 4.50. The van der Waals surface area contributed by atoms with Gasteiger partial charge in [0.1, 0.15) is 5.69 Å². The first-order valence-corrected chi connectivity index (χ1v) is 4.30. The van der Waals surface area contributed by atoms with Crippen molar-refractivity contribution in [2.75, 3.05) is 6.61 Å². The van der Waals surface area contributed by atoms with E-state index in [4.69, 9.17) is 0 Å². The largest absolute Gasteiger partial charge is 0.460 e. The fourth-order valence-corrected chi connectivity index (χ4v) is 1.02. The molecule has 1 rings (SSSR count). The highest BCUT2D eigenvalue weighted by Crippen LogP contribution is 2.04. The Bertz CT molecular complexity index is 360. The number of esters is 1. The predicted octanol–water partition coefficient (Wildman–Crippen LogP) is 1.14. The van der Waals surface area contributed by atoms with Crippen molar-refractivity contribution in [2.45, 2.75) is 13.8 Å². The van der Waals surface area contributed by atoms with Crippen molar-refractivity contribution in [3.63, 3.8) is 0 Å². The van der Waals surface area contributed by atoms with E-state index in [1.807, 2.05) is 0 Å². The Morgan fingerprint density at radius 1 is 1.50 bits per heavy atom. The maximum absolute atomic E-state index is 11.4. The van der Waals surface area contributed by atoms with Gasteiger partial charge in [-0.25, -0.2) is 4.79 Å². The summed E-state index contributed by atoms with van der Waals surface area (Å²) < 4.78 is 4.58. The number of ketones is 1. The molecule has 0 aromatic carbocycles. The second-order valence-corrected chi connectivity index (χ2v) is 2.72. The Kier molecular flexibility index (Phi) is 3.34. The molecule has 0 amide bonds. The van der Waals surface area contributed by atoms with Crippen LogP contribution in [0.4, 0.5) is 0 Å². The van der Waals surface area contributed by atoms with E-state index in [0.717, 1.165) is 0 Å². The first-order chi connectivity index (χ1) is 6.66. The highest BCUT2D eigenvalue weighted by atomic mass is 16.5. The normalized spacial score (nSPS) is 9.57. The average molecular weight is 193 g/mol. The van der Waals surface area contributed by atoms with Gasteiger partial charge in [-0.3, -0.25) is 9.78 Å². The van der Waals surface area contributed by atoms with Crippen molar-refractivity contribution < 1.29 is 14.3 Å². The summed E-state index contributed by atoms with van der Waals surface area (Å²) in [5.41, 5.74) is 0.830. The lowest BCUT2D eigenvalue weighted by atomic mass is 10.1. The second-order valence-electron chi connectivity index (χ2n) is 2.72. The molecule has 14 heavy (non-hydrogen) atoms. The number of carbonyl (C=O) groups excluding carboxylic acids is 2. The first kappa shape index (κ1) is 10.4. The van der Waals surface area contributed by atoms with Crippen LogP contribution in [0.2, 0.25) is 0 Å². The lowest BCUT2D eigenvalue weighted by molar-refractivity contribution is -0.137. The van der Waals surface area contributed by atoms with Crippen LogP contribution >= 0.6 is 0 Å². The maximum Gasteiger partial charge on any atom is 0.381 e. The van der Waals surface area contributed by atoms with Crippen LogP contribution in [0.15, 0.2) is 18.3 Å². The summed E-state index contributed by atoms with van der Waals surface area (Å²) in [6, 6.07) is 3.43. The van der Waals surface area contributed by atoms with Gasteiger partial charge in [0.2, 0.25) is 0 Å². The molecule has 1 heterocycles. The number of hydrogen-bond acceptors (Lipinski definition) is 4. The van der Waals surface area contributed by atoms with E-state index >= 15 is 0 Å². The molecule has 0 aliphatic heterocycles. The van der Waals surface area contributed by atoms with Gasteiger partial charge in [0, 0.05) is 6.20 Å². The van der Waals surface area contributed by atoms with Gasteiger partial charge in [0.05, 0.1) is 6.61 Å². The van der Waals surface area contributed by atoms with Gasteiger partial charge >= 0.3 is 5.97 Å². The van der Waals surface area contributed by atoms with Gasteiger partial charge in [0.15, 0.2) is 0 Å². The monoisotopic (exact) mass is 193 g/mol. The van der Waals surface area contributed by atoms with Crippen molar-refractivity contribution >= 4 is 11.8 Å². The molecule has 0 radical (unpaired) electrons. The molecule has 0 fully saturated rings. The van der Waals surface area contributed by atoms with Crippen LogP contribution in [0.5, 0.6) is 0 Å². The molecule has 4 nitrogen and oxygen atoms in total. The summed E-state index contributed by atoms with van der Waals surface area (Å²) >= 11 is 0. The molecular formula is C10H11NO3. The molecule has 0 spiro atoms. The number of nitrogens with zero attached hydrogens (tertiary/aromatic N) is 1. The topological polar surface area (TPSA) is 56.3 Å². The molecule has 0 N–H and O–H groups in total. The van der Waals surface area contributed by atoms with Crippen LogP contribution in [0.1, 0.15) is 23.0 Å². The average Bonchev–Trinajstić information content (AvgIpc) is 2.18. The van der Waals surface area contributed by atoms with Gasteiger partial charge in [-0.05, 0) is 25.5 Å². The SMILES string of the molecule is CCOC(=O)C(=O)c1ncccc1C. The lowest BCUT2D eigenvalue weighted by Crippen LogP contribution is -2.19. The van der Waals surface area contributed by atoms with Crippen LogP contribution in [-0.4, -0.2) is 23.3 Å². The molecule has 0 saturated heterocycles. The van der Waals surface area contributed by atoms with Gasteiger partial charge in [-0.15, -0.1) is 0 Å². The Morgan fingerprint density at radius 3 is 2.79 bits per heavy atom. The number of Topliss-reactive ketones (excluding diaryl/α,β-unsaturated/α-hetero) is 1. The van der Waals surface area contributed by atoms with E-state index in [-0.39, 0.29) is 12.3 Å². The Labute approximate surface area is 81.9 Å². The minimum absolute atomic E-state index is 0.158. The van der Waals surface area contributed by atoms with E-state index in [2.05, 4.69) is 9.72 Å². The summed E-state index contributed by atoms with van der Waals surface area (Å²) in [5, 5.41) is 0. The number of aromatic nitrogens is 1. The van der Waals surface area contributed by atoms with Crippen molar-refractivity contribution in [1.29, 1.82) is 0 Å². The minimum Gasteiger partial charge on any atom is -0.460 e. The predicted molar refractivity (Wildman–Crippen MR) is 49.9 cm³/mol.